The zero-order valence-corrected chi connectivity index (χ0v) is 11.4. The quantitative estimate of drug-likeness (QED) is 0.870. The first kappa shape index (κ1) is 12.7. The summed E-state index contributed by atoms with van der Waals surface area (Å²) in [5.74, 6) is 0.579. The standard InChI is InChI=1S/C16H21NO2/c1-11-5-2-3-6-12(11)13-9-14(13)15(18)17-10-16(19)7-4-8-16/h2-3,5-6,13-14,19H,4,7-10H2,1H3,(H,17,18). The lowest BCUT2D eigenvalue weighted by molar-refractivity contribution is -0.124. The maximum absolute atomic E-state index is 12.1. The van der Waals surface area contributed by atoms with Crippen molar-refractivity contribution >= 4 is 5.91 Å². The number of hydrogen-bond donors (Lipinski definition) is 2. The fraction of sp³-hybridized carbons (Fsp3) is 0.562. The van der Waals surface area contributed by atoms with Gasteiger partial charge in [0, 0.05) is 12.5 Å². The lowest BCUT2D eigenvalue weighted by Gasteiger charge is -2.36. The molecule has 3 heteroatoms. The first-order valence-electron chi connectivity index (χ1n) is 7.15. The highest BCUT2D eigenvalue weighted by molar-refractivity contribution is 5.83. The maximum Gasteiger partial charge on any atom is 0.223 e. The second-order valence-electron chi connectivity index (χ2n) is 6.10. The maximum atomic E-state index is 12.1. The number of carbonyl (C=O) groups excluding carboxylic acids is 1. The molecule has 2 aliphatic carbocycles. The monoisotopic (exact) mass is 259 g/mol. The fourth-order valence-corrected chi connectivity index (χ4v) is 2.98. The second kappa shape index (κ2) is 4.64. The topological polar surface area (TPSA) is 49.3 Å². The van der Waals surface area contributed by atoms with E-state index in [0.29, 0.717) is 12.5 Å². The van der Waals surface area contributed by atoms with Gasteiger partial charge >= 0.3 is 0 Å². The van der Waals surface area contributed by atoms with E-state index >= 15 is 0 Å². The van der Waals surface area contributed by atoms with Gasteiger partial charge in [-0.3, -0.25) is 4.79 Å². The predicted octanol–water partition coefficient (Wildman–Crippen LogP) is 2.13. The summed E-state index contributed by atoms with van der Waals surface area (Å²) in [6.45, 7) is 2.52. The smallest absolute Gasteiger partial charge is 0.223 e. The molecule has 0 saturated heterocycles. The van der Waals surface area contributed by atoms with Crippen LogP contribution in [0.25, 0.3) is 0 Å². The van der Waals surface area contributed by atoms with Crippen LogP contribution in [0.1, 0.15) is 42.7 Å². The average molecular weight is 259 g/mol. The molecule has 0 bridgehead atoms. The molecule has 0 spiro atoms. The Balaban J connectivity index is 1.55. The number of aliphatic hydroxyl groups is 1. The molecule has 2 fully saturated rings. The van der Waals surface area contributed by atoms with Gasteiger partial charge in [-0.2, -0.15) is 0 Å². The molecule has 2 N–H and O–H groups in total. The molecule has 0 radical (unpaired) electrons. The largest absolute Gasteiger partial charge is 0.388 e. The lowest BCUT2D eigenvalue weighted by atomic mass is 9.80. The van der Waals surface area contributed by atoms with Crippen LogP contribution in [-0.4, -0.2) is 23.2 Å². The summed E-state index contributed by atoms with van der Waals surface area (Å²) in [4.78, 5) is 12.1. The van der Waals surface area contributed by atoms with E-state index in [4.69, 9.17) is 0 Å². The van der Waals surface area contributed by atoms with Crippen LogP contribution in [0.2, 0.25) is 0 Å². The number of benzene rings is 1. The molecule has 0 aliphatic heterocycles. The highest BCUT2D eigenvalue weighted by atomic mass is 16.3. The van der Waals surface area contributed by atoms with Crippen molar-refractivity contribution in [3.05, 3.63) is 35.4 Å². The molecule has 2 saturated carbocycles. The third-order valence-corrected chi connectivity index (χ3v) is 4.59. The van der Waals surface area contributed by atoms with Crippen LogP contribution < -0.4 is 5.32 Å². The van der Waals surface area contributed by atoms with Crippen molar-refractivity contribution in [2.45, 2.75) is 44.1 Å². The minimum atomic E-state index is -0.622. The molecule has 2 aliphatic rings. The zero-order valence-electron chi connectivity index (χ0n) is 11.4. The van der Waals surface area contributed by atoms with Crippen LogP contribution in [0.5, 0.6) is 0 Å². The Bertz CT molecular complexity index is 493. The van der Waals surface area contributed by atoms with Gasteiger partial charge in [-0.05, 0) is 49.7 Å². The van der Waals surface area contributed by atoms with Gasteiger partial charge in [-0.15, -0.1) is 0 Å². The van der Waals surface area contributed by atoms with Gasteiger partial charge < -0.3 is 10.4 Å². The Morgan fingerprint density at radius 1 is 1.42 bits per heavy atom. The van der Waals surface area contributed by atoms with Crippen molar-refractivity contribution in [2.24, 2.45) is 5.92 Å². The first-order chi connectivity index (χ1) is 9.09. The third kappa shape index (κ3) is 2.52. The van der Waals surface area contributed by atoms with Gasteiger partial charge in [0.25, 0.3) is 0 Å². The molecule has 3 rings (SSSR count). The number of hydrogen-bond acceptors (Lipinski definition) is 2. The molecule has 0 heterocycles. The van der Waals surface area contributed by atoms with Crippen molar-refractivity contribution in [2.75, 3.05) is 6.54 Å². The number of carbonyl (C=O) groups is 1. The van der Waals surface area contributed by atoms with Gasteiger partial charge in [-0.25, -0.2) is 0 Å². The fourth-order valence-electron chi connectivity index (χ4n) is 2.98. The normalized spacial score (nSPS) is 27.5. The number of rotatable bonds is 4. The average Bonchev–Trinajstić information content (AvgIpc) is 3.14. The summed E-state index contributed by atoms with van der Waals surface area (Å²) in [5, 5.41) is 12.9. The van der Waals surface area contributed by atoms with Crippen LogP contribution in [0.15, 0.2) is 24.3 Å². The zero-order chi connectivity index (χ0) is 13.5. The van der Waals surface area contributed by atoms with E-state index in [0.717, 1.165) is 25.7 Å². The van der Waals surface area contributed by atoms with Gasteiger partial charge in [0.1, 0.15) is 0 Å². The van der Waals surface area contributed by atoms with Crippen molar-refractivity contribution in [1.29, 1.82) is 0 Å². The Hall–Kier alpha value is -1.35. The first-order valence-corrected chi connectivity index (χ1v) is 7.15. The van der Waals surface area contributed by atoms with Crippen molar-refractivity contribution in [3.63, 3.8) is 0 Å². The third-order valence-electron chi connectivity index (χ3n) is 4.59. The van der Waals surface area contributed by atoms with Gasteiger partial charge in [0.05, 0.1) is 5.60 Å². The van der Waals surface area contributed by atoms with Gasteiger partial charge in [0.2, 0.25) is 5.91 Å². The Kier molecular flexibility index (Phi) is 3.09. The minimum absolute atomic E-state index is 0.102. The molecule has 3 nitrogen and oxygen atoms in total. The summed E-state index contributed by atoms with van der Waals surface area (Å²) in [6.07, 6.45) is 3.65. The summed E-state index contributed by atoms with van der Waals surface area (Å²) >= 11 is 0. The predicted molar refractivity (Wildman–Crippen MR) is 73.8 cm³/mol. The van der Waals surface area contributed by atoms with Gasteiger partial charge in [0.15, 0.2) is 0 Å². The summed E-state index contributed by atoms with van der Waals surface area (Å²) in [7, 11) is 0. The van der Waals surface area contributed by atoms with Crippen LogP contribution in [-0.2, 0) is 4.79 Å². The van der Waals surface area contributed by atoms with Crippen molar-refractivity contribution in [3.8, 4) is 0 Å². The van der Waals surface area contributed by atoms with E-state index in [1.165, 1.54) is 11.1 Å². The molecule has 0 aromatic heterocycles. The number of aryl methyl sites for hydroxylation is 1. The molecular formula is C16H21NO2. The van der Waals surface area contributed by atoms with E-state index in [9.17, 15) is 9.90 Å². The molecule has 2 unspecified atom stereocenters. The van der Waals surface area contributed by atoms with E-state index in [1.54, 1.807) is 0 Å². The van der Waals surface area contributed by atoms with E-state index in [1.807, 2.05) is 12.1 Å². The second-order valence-corrected chi connectivity index (χ2v) is 6.10. The minimum Gasteiger partial charge on any atom is -0.388 e. The summed E-state index contributed by atoms with van der Waals surface area (Å²) in [6, 6.07) is 8.28. The van der Waals surface area contributed by atoms with E-state index in [2.05, 4.69) is 24.4 Å². The Morgan fingerprint density at radius 2 is 2.16 bits per heavy atom. The molecular weight excluding hydrogens is 238 g/mol. The molecule has 102 valence electrons. The van der Waals surface area contributed by atoms with Gasteiger partial charge in [-0.1, -0.05) is 24.3 Å². The SMILES string of the molecule is Cc1ccccc1C1CC1C(=O)NCC1(O)CCC1. The number of nitrogens with one attached hydrogen (secondary N) is 1. The van der Waals surface area contributed by atoms with Crippen molar-refractivity contribution < 1.29 is 9.90 Å². The molecule has 19 heavy (non-hydrogen) atoms. The molecule has 2 atom stereocenters. The highest BCUT2D eigenvalue weighted by Gasteiger charge is 2.45. The highest BCUT2D eigenvalue weighted by Crippen LogP contribution is 2.48. The Morgan fingerprint density at radius 3 is 2.79 bits per heavy atom. The van der Waals surface area contributed by atoms with Crippen LogP contribution in [0.3, 0.4) is 0 Å². The van der Waals surface area contributed by atoms with E-state index < -0.39 is 5.60 Å². The Labute approximate surface area is 114 Å². The number of amides is 1. The van der Waals surface area contributed by atoms with Crippen LogP contribution in [0, 0.1) is 12.8 Å². The summed E-state index contributed by atoms with van der Waals surface area (Å²) < 4.78 is 0. The molecule has 1 aromatic rings. The molecule has 1 amide bonds. The molecule has 1 aromatic carbocycles. The van der Waals surface area contributed by atoms with Crippen LogP contribution >= 0.6 is 0 Å². The summed E-state index contributed by atoms with van der Waals surface area (Å²) in [5.41, 5.74) is 1.94. The lowest BCUT2D eigenvalue weighted by Crippen LogP contribution is -2.48. The van der Waals surface area contributed by atoms with E-state index in [-0.39, 0.29) is 11.8 Å². The van der Waals surface area contributed by atoms with Crippen LogP contribution in [0.4, 0.5) is 0 Å². The van der Waals surface area contributed by atoms with Crippen molar-refractivity contribution in [1.82, 2.24) is 5.32 Å².